The maximum Gasteiger partial charge on any atom is 0.254 e. The van der Waals surface area contributed by atoms with Crippen molar-refractivity contribution in [3.8, 4) is 0 Å². The van der Waals surface area contributed by atoms with E-state index in [0.29, 0.717) is 13.0 Å². The third-order valence-electron chi connectivity index (χ3n) is 3.99. The Labute approximate surface area is 150 Å². The smallest absolute Gasteiger partial charge is 0.254 e. The number of carbonyl (C=O) groups is 1. The van der Waals surface area contributed by atoms with Gasteiger partial charge in [-0.3, -0.25) is 14.1 Å². The van der Waals surface area contributed by atoms with Crippen molar-refractivity contribution in [3.63, 3.8) is 0 Å². The van der Waals surface area contributed by atoms with Crippen LogP contribution in [0.5, 0.6) is 0 Å². The standard InChI is InChI=1S/C16H20N6O3S/c1-11-12(7-8-17)13-5-3-4-6-14(13)22(11)16(23)10-21-18-9-15(19-21)20-26(2,24)25/h3-6,9H,7-8,10,17H2,1-2H3,(H,19,20). The minimum Gasteiger partial charge on any atom is -0.330 e. The fourth-order valence-corrected chi connectivity index (χ4v) is 3.49. The summed E-state index contributed by atoms with van der Waals surface area (Å²) in [5.41, 5.74) is 8.40. The molecule has 3 rings (SSSR count). The van der Waals surface area contributed by atoms with Crippen molar-refractivity contribution in [1.82, 2.24) is 19.6 Å². The van der Waals surface area contributed by atoms with Gasteiger partial charge in [-0.05, 0) is 31.5 Å². The van der Waals surface area contributed by atoms with Crippen molar-refractivity contribution in [3.05, 3.63) is 41.7 Å². The Kier molecular flexibility index (Phi) is 4.79. The molecule has 0 aliphatic rings. The molecular weight excluding hydrogens is 356 g/mol. The number of para-hydroxylation sites is 1. The van der Waals surface area contributed by atoms with Crippen molar-refractivity contribution < 1.29 is 13.2 Å². The lowest BCUT2D eigenvalue weighted by molar-refractivity contribution is 0.0884. The SMILES string of the molecule is Cc1c(CCN)c2ccccc2n1C(=O)Cn1ncc(NS(C)(=O)=O)n1. The summed E-state index contributed by atoms with van der Waals surface area (Å²) in [6, 6.07) is 7.65. The largest absolute Gasteiger partial charge is 0.330 e. The zero-order valence-corrected chi connectivity index (χ0v) is 15.3. The van der Waals surface area contributed by atoms with E-state index in [1.807, 2.05) is 31.2 Å². The minimum atomic E-state index is -3.45. The molecule has 2 aromatic heterocycles. The second kappa shape index (κ2) is 6.89. The summed E-state index contributed by atoms with van der Waals surface area (Å²) in [5.74, 6) is -0.151. The zero-order valence-electron chi connectivity index (χ0n) is 14.5. The van der Waals surface area contributed by atoms with Crippen molar-refractivity contribution in [2.45, 2.75) is 19.9 Å². The summed E-state index contributed by atoms with van der Waals surface area (Å²) in [6.07, 6.45) is 2.95. The van der Waals surface area contributed by atoms with E-state index < -0.39 is 10.0 Å². The van der Waals surface area contributed by atoms with E-state index in [-0.39, 0.29) is 18.3 Å². The van der Waals surface area contributed by atoms with Crippen LogP contribution in [0.3, 0.4) is 0 Å². The van der Waals surface area contributed by atoms with Gasteiger partial charge >= 0.3 is 0 Å². The molecule has 0 aliphatic carbocycles. The summed E-state index contributed by atoms with van der Waals surface area (Å²) < 4.78 is 26.3. The van der Waals surface area contributed by atoms with Crippen LogP contribution in [0.25, 0.3) is 10.9 Å². The predicted molar refractivity (Wildman–Crippen MR) is 98.5 cm³/mol. The van der Waals surface area contributed by atoms with Gasteiger partial charge in [-0.15, -0.1) is 5.10 Å². The quantitative estimate of drug-likeness (QED) is 0.654. The van der Waals surface area contributed by atoms with E-state index in [9.17, 15) is 13.2 Å². The molecule has 0 saturated carbocycles. The number of fused-ring (bicyclic) bond motifs is 1. The van der Waals surface area contributed by atoms with Crippen LogP contribution < -0.4 is 10.5 Å². The molecule has 3 N–H and O–H groups in total. The van der Waals surface area contributed by atoms with Gasteiger partial charge in [0.2, 0.25) is 10.0 Å². The Balaban J connectivity index is 1.92. The molecule has 0 radical (unpaired) electrons. The van der Waals surface area contributed by atoms with E-state index in [1.54, 1.807) is 4.57 Å². The molecule has 1 aromatic carbocycles. The second-order valence-electron chi connectivity index (χ2n) is 5.98. The van der Waals surface area contributed by atoms with Crippen LogP contribution in [0.4, 0.5) is 5.82 Å². The molecule has 0 atom stereocenters. The predicted octanol–water partition coefficient (Wildman–Crippen LogP) is 0.754. The summed E-state index contributed by atoms with van der Waals surface area (Å²) in [4.78, 5) is 14.0. The van der Waals surface area contributed by atoms with Crippen LogP contribution in [-0.4, -0.2) is 46.7 Å². The first-order chi connectivity index (χ1) is 12.3. The van der Waals surface area contributed by atoms with Gasteiger partial charge in [0.15, 0.2) is 5.82 Å². The molecule has 9 nitrogen and oxygen atoms in total. The summed E-state index contributed by atoms with van der Waals surface area (Å²) >= 11 is 0. The van der Waals surface area contributed by atoms with E-state index in [1.165, 1.54) is 6.20 Å². The van der Waals surface area contributed by atoms with Gasteiger partial charge < -0.3 is 5.73 Å². The van der Waals surface area contributed by atoms with Gasteiger partial charge in [0, 0.05) is 11.1 Å². The molecule has 0 spiro atoms. The van der Waals surface area contributed by atoms with E-state index in [2.05, 4.69) is 14.9 Å². The molecule has 0 bridgehead atoms. The Hall–Kier alpha value is -2.72. The molecule has 0 saturated heterocycles. The fraction of sp³-hybridized carbons (Fsp3) is 0.312. The van der Waals surface area contributed by atoms with Gasteiger partial charge in [0.05, 0.1) is 18.0 Å². The molecule has 0 unspecified atom stereocenters. The number of nitrogens with zero attached hydrogens (tertiary/aromatic N) is 4. The number of hydrogen-bond donors (Lipinski definition) is 2. The highest BCUT2D eigenvalue weighted by molar-refractivity contribution is 7.92. The van der Waals surface area contributed by atoms with Crippen LogP contribution in [0.1, 0.15) is 16.1 Å². The van der Waals surface area contributed by atoms with Crippen molar-refractivity contribution >= 4 is 32.7 Å². The number of carbonyl (C=O) groups excluding carboxylic acids is 1. The van der Waals surface area contributed by atoms with Crippen LogP contribution in [-0.2, 0) is 23.0 Å². The normalized spacial score (nSPS) is 11.8. The molecule has 26 heavy (non-hydrogen) atoms. The summed E-state index contributed by atoms with van der Waals surface area (Å²) in [6.45, 7) is 2.26. The average Bonchev–Trinajstić information content (AvgIpc) is 3.09. The maximum absolute atomic E-state index is 12.9. The number of aromatic nitrogens is 4. The number of benzene rings is 1. The van der Waals surface area contributed by atoms with E-state index >= 15 is 0 Å². The number of nitrogens with two attached hydrogens (primary N) is 1. The van der Waals surface area contributed by atoms with Crippen LogP contribution in [0.15, 0.2) is 30.5 Å². The lowest BCUT2D eigenvalue weighted by Gasteiger charge is -2.07. The van der Waals surface area contributed by atoms with Crippen LogP contribution >= 0.6 is 0 Å². The Morgan fingerprint density at radius 2 is 2.04 bits per heavy atom. The monoisotopic (exact) mass is 376 g/mol. The van der Waals surface area contributed by atoms with Crippen LogP contribution in [0, 0.1) is 6.92 Å². The lowest BCUT2D eigenvalue weighted by Crippen LogP contribution is -2.21. The van der Waals surface area contributed by atoms with Crippen molar-refractivity contribution in [2.24, 2.45) is 5.73 Å². The molecule has 3 aromatic rings. The third kappa shape index (κ3) is 3.60. The summed E-state index contributed by atoms with van der Waals surface area (Å²) in [7, 11) is -3.45. The lowest BCUT2D eigenvalue weighted by atomic mass is 10.1. The highest BCUT2D eigenvalue weighted by Crippen LogP contribution is 2.26. The molecular formula is C16H20N6O3S. The van der Waals surface area contributed by atoms with Crippen molar-refractivity contribution in [2.75, 3.05) is 17.5 Å². The minimum absolute atomic E-state index is 0.0678. The number of anilines is 1. The molecule has 0 fully saturated rings. The highest BCUT2D eigenvalue weighted by atomic mass is 32.2. The van der Waals surface area contributed by atoms with Gasteiger partial charge in [-0.1, -0.05) is 18.2 Å². The zero-order chi connectivity index (χ0) is 18.9. The number of rotatable bonds is 6. The Morgan fingerprint density at radius 3 is 2.73 bits per heavy atom. The van der Waals surface area contributed by atoms with Gasteiger partial charge in [-0.2, -0.15) is 9.90 Å². The molecule has 0 amide bonds. The number of hydrogen-bond acceptors (Lipinski definition) is 6. The number of nitrogens with one attached hydrogen (secondary N) is 1. The maximum atomic E-state index is 12.9. The second-order valence-corrected chi connectivity index (χ2v) is 7.73. The first-order valence-corrected chi connectivity index (χ1v) is 9.89. The first kappa shape index (κ1) is 18.1. The van der Waals surface area contributed by atoms with Crippen molar-refractivity contribution in [1.29, 1.82) is 0 Å². The topological polar surface area (TPSA) is 125 Å². The van der Waals surface area contributed by atoms with Gasteiger partial charge in [0.1, 0.15) is 6.54 Å². The fourth-order valence-electron chi connectivity index (χ4n) is 3.02. The average molecular weight is 376 g/mol. The molecule has 2 heterocycles. The molecule has 0 aliphatic heterocycles. The molecule has 10 heteroatoms. The first-order valence-electron chi connectivity index (χ1n) is 8.00. The van der Waals surface area contributed by atoms with Crippen LogP contribution in [0.2, 0.25) is 0 Å². The van der Waals surface area contributed by atoms with E-state index in [4.69, 9.17) is 5.73 Å². The summed E-state index contributed by atoms with van der Waals surface area (Å²) in [5, 5.41) is 8.92. The van der Waals surface area contributed by atoms with Gasteiger partial charge in [0.25, 0.3) is 5.91 Å². The van der Waals surface area contributed by atoms with E-state index in [0.717, 1.165) is 33.2 Å². The molecule has 138 valence electrons. The Bertz CT molecular complexity index is 1070. The highest BCUT2D eigenvalue weighted by Gasteiger charge is 2.19. The third-order valence-corrected chi connectivity index (χ3v) is 4.57. The number of sulfonamides is 1. The Morgan fingerprint density at radius 1 is 1.31 bits per heavy atom. The van der Waals surface area contributed by atoms with Gasteiger partial charge in [-0.25, -0.2) is 8.42 Å².